The molecule has 1 aliphatic rings. The summed E-state index contributed by atoms with van der Waals surface area (Å²) in [6, 6.07) is 13.1. The minimum absolute atomic E-state index is 0.0957. The summed E-state index contributed by atoms with van der Waals surface area (Å²) in [6.45, 7) is 3.46. The van der Waals surface area contributed by atoms with Gasteiger partial charge in [-0.05, 0) is 41.8 Å². The van der Waals surface area contributed by atoms with E-state index in [1.165, 1.54) is 6.92 Å². The van der Waals surface area contributed by atoms with E-state index in [1.54, 1.807) is 18.2 Å². The summed E-state index contributed by atoms with van der Waals surface area (Å²) < 4.78 is 5.32. The van der Waals surface area contributed by atoms with Crippen molar-refractivity contribution < 1.29 is 14.3 Å². The van der Waals surface area contributed by atoms with Crippen LogP contribution in [-0.4, -0.2) is 23.8 Å². The smallest absolute Gasteiger partial charge is 0.226 e. The highest BCUT2D eigenvalue weighted by molar-refractivity contribution is 5.93. The lowest BCUT2D eigenvalue weighted by molar-refractivity contribution is -0.129. The van der Waals surface area contributed by atoms with Gasteiger partial charge in [0.25, 0.3) is 0 Å². The molecule has 1 heterocycles. The van der Waals surface area contributed by atoms with E-state index in [0.29, 0.717) is 11.4 Å². The summed E-state index contributed by atoms with van der Waals surface area (Å²) in [5, 5.41) is 2.91. The van der Waals surface area contributed by atoms with Crippen LogP contribution in [0.5, 0.6) is 5.75 Å². The molecular weight excluding hydrogens is 328 g/mol. The van der Waals surface area contributed by atoms with Gasteiger partial charge in [0.15, 0.2) is 0 Å². The molecular formula is C21H22N2O3. The quantitative estimate of drug-likeness (QED) is 0.910. The van der Waals surface area contributed by atoms with Crippen LogP contribution in [0.4, 0.5) is 5.69 Å². The molecule has 1 N–H and O–H groups in total. The molecule has 134 valence electrons. The number of nitrogens with one attached hydrogen (secondary N) is 1. The van der Waals surface area contributed by atoms with Crippen LogP contribution in [0.15, 0.2) is 48.7 Å². The maximum atomic E-state index is 12.7. The average molecular weight is 350 g/mol. The average Bonchev–Trinajstić information content (AvgIpc) is 2.62. The lowest BCUT2D eigenvalue weighted by atomic mass is 9.93. The molecule has 0 saturated carbocycles. The number of carbonyl (C=O) groups is 2. The van der Waals surface area contributed by atoms with Gasteiger partial charge >= 0.3 is 0 Å². The Balaban J connectivity index is 1.84. The van der Waals surface area contributed by atoms with Crippen LogP contribution in [0, 0.1) is 6.92 Å². The molecule has 0 aliphatic carbocycles. The van der Waals surface area contributed by atoms with E-state index in [9.17, 15) is 9.59 Å². The van der Waals surface area contributed by atoms with Crippen LogP contribution in [0.3, 0.4) is 0 Å². The van der Waals surface area contributed by atoms with Crippen molar-refractivity contribution in [1.82, 2.24) is 4.90 Å². The third-order valence-corrected chi connectivity index (χ3v) is 4.48. The molecule has 1 atom stereocenters. The van der Waals surface area contributed by atoms with Crippen molar-refractivity contribution in [2.24, 2.45) is 0 Å². The van der Waals surface area contributed by atoms with Gasteiger partial charge in [-0.2, -0.15) is 0 Å². The molecule has 1 unspecified atom stereocenters. The second-order valence-electron chi connectivity index (χ2n) is 6.34. The van der Waals surface area contributed by atoms with E-state index in [2.05, 4.69) is 5.32 Å². The zero-order chi connectivity index (χ0) is 18.7. The third-order valence-electron chi connectivity index (χ3n) is 4.48. The summed E-state index contributed by atoms with van der Waals surface area (Å²) in [7, 11) is 1.57. The first-order valence-electron chi connectivity index (χ1n) is 8.50. The predicted molar refractivity (Wildman–Crippen MR) is 102 cm³/mol. The molecule has 2 amide bonds. The van der Waals surface area contributed by atoms with Crippen molar-refractivity contribution in [2.45, 2.75) is 26.3 Å². The molecule has 0 aromatic heterocycles. The van der Waals surface area contributed by atoms with E-state index >= 15 is 0 Å². The monoisotopic (exact) mass is 350 g/mol. The normalized spacial score (nSPS) is 15.3. The molecule has 5 heteroatoms. The molecule has 2 aromatic carbocycles. The Bertz CT molecular complexity index is 873. The lowest BCUT2D eigenvalue weighted by Crippen LogP contribution is -2.33. The van der Waals surface area contributed by atoms with Crippen molar-refractivity contribution in [2.75, 3.05) is 12.4 Å². The van der Waals surface area contributed by atoms with Crippen LogP contribution in [-0.2, 0) is 9.59 Å². The van der Waals surface area contributed by atoms with Crippen LogP contribution in [0.25, 0.3) is 6.08 Å². The maximum absolute atomic E-state index is 12.7. The minimum atomic E-state index is -0.329. The van der Waals surface area contributed by atoms with Crippen LogP contribution >= 0.6 is 0 Å². The largest absolute Gasteiger partial charge is 0.495 e. The molecule has 3 rings (SSSR count). The number of methoxy groups -OCH3 is 1. The van der Waals surface area contributed by atoms with Gasteiger partial charge in [-0.25, -0.2) is 0 Å². The Labute approximate surface area is 153 Å². The fourth-order valence-corrected chi connectivity index (χ4v) is 3.21. The van der Waals surface area contributed by atoms with E-state index < -0.39 is 0 Å². The number of hydrogen-bond donors (Lipinski definition) is 1. The van der Waals surface area contributed by atoms with E-state index in [0.717, 1.165) is 16.7 Å². The second-order valence-corrected chi connectivity index (χ2v) is 6.34. The first-order chi connectivity index (χ1) is 12.5. The fourth-order valence-electron chi connectivity index (χ4n) is 3.21. The van der Waals surface area contributed by atoms with E-state index in [1.807, 2.05) is 55.5 Å². The summed E-state index contributed by atoms with van der Waals surface area (Å²) in [5.41, 5.74) is 3.65. The van der Waals surface area contributed by atoms with Crippen LogP contribution in [0.2, 0.25) is 0 Å². The number of aryl methyl sites for hydroxylation is 1. The number of hydrogen-bond acceptors (Lipinski definition) is 3. The number of ether oxygens (including phenoxy) is 1. The summed E-state index contributed by atoms with van der Waals surface area (Å²) in [4.78, 5) is 26.3. The van der Waals surface area contributed by atoms with Crippen molar-refractivity contribution in [3.05, 3.63) is 65.4 Å². The number of amides is 2. The molecule has 0 fully saturated rings. The number of nitrogens with zero attached hydrogens (tertiary/aromatic N) is 1. The van der Waals surface area contributed by atoms with Gasteiger partial charge < -0.3 is 15.0 Å². The van der Waals surface area contributed by atoms with Gasteiger partial charge in [-0.3, -0.25) is 9.59 Å². The molecule has 1 aliphatic heterocycles. The van der Waals surface area contributed by atoms with Gasteiger partial charge in [-0.1, -0.05) is 30.3 Å². The number of rotatable bonds is 4. The predicted octanol–water partition coefficient (Wildman–Crippen LogP) is 3.91. The first kappa shape index (κ1) is 17.7. The zero-order valence-corrected chi connectivity index (χ0v) is 15.2. The van der Waals surface area contributed by atoms with E-state index in [-0.39, 0.29) is 24.3 Å². The second kappa shape index (κ2) is 7.44. The SMILES string of the molecule is COc1ccc(C)cc1NC(=O)CC1c2ccccc2C=CN1C(C)=O. The van der Waals surface area contributed by atoms with Gasteiger partial charge in [-0.15, -0.1) is 0 Å². The maximum Gasteiger partial charge on any atom is 0.226 e. The first-order valence-corrected chi connectivity index (χ1v) is 8.50. The molecule has 2 aromatic rings. The van der Waals surface area contributed by atoms with Crippen LogP contribution in [0.1, 0.15) is 36.1 Å². The lowest BCUT2D eigenvalue weighted by Gasteiger charge is -2.32. The minimum Gasteiger partial charge on any atom is -0.495 e. The molecule has 0 spiro atoms. The number of carbonyl (C=O) groups excluding carboxylic acids is 2. The summed E-state index contributed by atoms with van der Waals surface area (Å²) in [5.74, 6) is 0.341. The van der Waals surface area contributed by atoms with Crippen LogP contribution < -0.4 is 10.1 Å². The molecule has 26 heavy (non-hydrogen) atoms. The highest BCUT2D eigenvalue weighted by atomic mass is 16.5. The van der Waals surface area contributed by atoms with Crippen molar-refractivity contribution in [3.8, 4) is 5.75 Å². The molecule has 5 nitrogen and oxygen atoms in total. The highest BCUT2D eigenvalue weighted by Crippen LogP contribution is 2.33. The molecule has 0 radical (unpaired) electrons. The Hall–Kier alpha value is -3.08. The van der Waals surface area contributed by atoms with Gasteiger partial charge in [0, 0.05) is 13.1 Å². The molecule has 0 saturated heterocycles. The number of anilines is 1. The highest BCUT2D eigenvalue weighted by Gasteiger charge is 2.28. The van der Waals surface area contributed by atoms with Crippen molar-refractivity contribution in [1.29, 1.82) is 0 Å². The molecule has 0 bridgehead atoms. The Kier molecular flexibility index (Phi) is 5.07. The van der Waals surface area contributed by atoms with Gasteiger partial charge in [0.1, 0.15) is 5.75 Å². The van der Waals surface area contributed by atoms with E-state index in [4.69, 9.17) is 4.74 Å². The Morgan fingerprint density at radius 2 is 1.96 bits per heavy atom. The topological polar surface area (TPSA) is 58.6 Å². The number of benzene rings is 2. The van der Waals surface area contributed by atoms with Gasteiger partial charge in [0.2, 0.25) is 11.8 Å². The fraction of sp³-hybridized carbons (Fsp3) is 0.238. The summed E-state index contributed by atoms with van der Waals surface area (Å²) >= 11 is 0. The summed E-state index contributed by atoms with van der Waals surface area (Å²) in [6.07, 6.45) is 3.81. The van der Waals surface area contributed by atoms with Crippen molar-refractivity contribution >= 4 is 23.6 Å². The van der Waals surface area contributed by atoms with Gasteiger partial charge in [0.05, 0.1) is 25.3 Å². The Morgan fingerprint density at radius 1 is 1.19 bits per heavy atom. The third kappa shape index (κ3) is 3.61. The standard InChI is InChI=1S/C21H22N2O3/c1-14-8-9-20(26-3)18(12-14)22-21(25)13-19-17-7-5-4-6-16(17)10-11-23(19)15(2)24/h4-12,19H,13H2,1-3H3,(H,22,25). The van der Waals surface area contributed by atoms with Crippen molar-refractivity contribution in [3.63, 3.8) is 0 Å². The number of fused-ring (bicyclic) bond motifs is 1. The Morgan fingerprint density at radius 3 is 2.69 bits per heavy atom. The zero-order valence-electron chi connectivity index (χ0n) is 15.2.